The molecule has 11 heteroatoms. The summed E-state index contributed by atoms with van der Waals surface area (Å²) in [6.07, 6.45) is -2.47. The molecule has 0 bridgehead atoms. The third-order valence-corrected chi connectivity index (χ3v) is 4.80. The van der Waals surface area contributed by atoms with Gasteiger partial charge in [0.05, 0.1) is 0 Å². The maximum Gasteiger partial charge on any atom is 0.303 e. The molecule has 0 aromatic carbocycles. The molecule has 0 spiro atoms. The van der Waals surface area contributed by atoms with E-state index in [0.717, 1.165) is 32.5 Å². The van der Waals surface area contributed by atoms with Crippen LogP contribution in [0.1, 0.15) is 41.5 Å². The molecular formula is C17H25NO9S. The van der Waals surface area contributed by atoms with Crippen LogP contribution in [0.2, 0.25) is 0 Å². The molecule has 1 heterocycles. The van der Waals surface area contributed by atoms with Crippen LogP contribution in [0.3, 0.4) is 0 Å². The number of nitrogens with one attached hydrogen (secondary N) is 1. The first kappa shape index (κ1) is 23.7. The number of carbonyl (C=O) groups is 5. The Kier molecular flexibility index (Phi) is 8.73. The Balaban J connectivity index is 3.37. The van der Waals surface area contributed by atoms with E-state index in [4.69, 9.17) is 18.9 Å². The van der Waals surface area contributed by atoms with Crippen LogP contribution in [0.15, 0.2) is 0 Å². The molecule has 158 valence electrons. The van der Waals surface area contributed by atoms with Crippen LogP contribution in [0.5, 0.6) is 0 Å². The van der Waals surface area contributed by atoms with Gasteiger partial charge < -0.3 is 24.3 Å². The largest absolute Gasteiger partial charge is 0.456 e. The molecule has 1 aliphatic rings. The van der Waals surface area contributed by atoms with Gasteiger partial charge in [0.15, 0.2) is 23.1 Å². The van der Waals surface area contributed by atoms with Crippen molar-refractivity contribution in [2.24, 2.45) is 5.92 Å². The predicted octanol–water partition coefficient (Wildman–Crippen LogP) is 0.516. The van der Waals surface area contributed by atoms with Crippen molar-refractivity contribution in [3.8, 4) is 0 Å². The van der Waals surface area contributed by atoms with Gasteiger partial charge in [0.1, 0.15) is 6.04 Å². The SMILES string of the molecule is CC(=O)OC1S[C@H](OC(C)=O)[C@@H](OC(C)=O)[C@H](OC(C)=O)[C@H]1NC(=O)C(C)C. The number of rotatable bonds is 6. The van der Waals surface area contributed by atoms with Crippen LogP contribution in [-0.2, 0) is 42.9 Å². The Bertz CT molecular complexity index is 636. The fourth-order valence-corrected chi connectivity index (χ4v) is 3.86. The van der Waals surface area contributed by atoms with Crippen LogP contribution < -0.4 is 5.32 Å². The van der Waals surface area contributed by atoms with Gasteiger partial charge in [0.2, 0.25) is 5.91 Å². The van der Waals surface area contributed by atoms with E-state index in [-0.39, 0.29) is 0 Å². The van der Waals surface area contributed by atoms with E-state index < -0.39 is 64.8 Å². The standard InChI is InChI=1S/C17H25NO9S/c1-7(2)15(23)18-12-13(24-8(3)19)14(25-9(4)20)17(27-11(6)22)28-16(12)26-10(5)21/h7,12-14,16-17H,1-6H3,(H,18,23)/t12-,13-,14+,16?,17+/m1/s1. The molecule has 1 fully saturated rings. The molecule has 1 amide bonds. The number of carbonyl (C=O) groups excluding carboxylic acids is 5. The molecule has 5 atom stereocenters. The van der Waals surface area contributed by atoms with Gasteiger partial charge in [-0.25, -0.2) is 0 Å². The van der Waals surface area contributed by atoms with E-state index >= 15 is 0 Å². The summed E-state index contributed by atoms with van der Waals surface area (Å²) in [6.45, 7) is 7.90. The smallest absolute Gasteiger partial charge is 0.303 e. The Morgan fingerprint density at radius 1 is 0.714 bits per heavy atom. The van der Waals surface area contributed by atoms with Gasteiger partial charge in [-0.3, -0.25) is 24.0 Å². The molecule has 0 radical (unpaired) electrons. The lowest BCUT2D eigenvalue weighted by Crippen LogP contribution is -2.63. The van der Waals surface area contributed by atoms with E-state index in [0.29, 0.717) is 0 Å². The van der Waals surface area contributed by atoms with Crippen LogP contribution in [-0.4, -0.2) is 58.9 Å². The number of hydrogen-bond donors (Lipinski definition) is 1. The summed E-state index contributed by atoms with van der Waals surface area (Å²) in [5, 5.41) is 2.66. The van der Waals surface area contributed by atoms with E-state index in [1.165, 1.54) is 6.92 Å². The summed E-state index contributed by atoms with van der Waals surface area (Å²) >= 11 is 0.862. The van der Waals surface area contributed by atoms with Gasteiger partial charge >= 0.3 is 23.9 Å². The van der Waals surface area contributed by atoms with Crippen molar-refractivity contribution >= 4 is 41.5 Å². The lowest BCUT2D eigenvalue weighted by Gasteiger charge is -2.43. The van der Waals surface area contributed by atoms with E-state index in [9.17, 15) is 24.0 Å². The minimum atomic E-state index is -1.25. The summed E-state index contributed by atoms with van der Waals surface area (Å²) in [7, 11) is 0. The van der Waals surface area contributed by atoms with Gasteiger partial charge in [-0.2, -0.15) is 0 Å². The number of ether oxygens (including phenoxy) is 4. The molecular weight excluding hydrogens is 394 g/mol. The summed E-state index contributed by atoms with van der Waals surface area (Å²) in [6, 6.07) is -1.04. The molecule has 0 aromatic rings. The third kappa shape index (κ3) is 7.02. The average molecular weight is 419 g/mol. The first-order chi connectivity index (χ1) is 12.9. The highest BCUT2D eigenvalue weighted by Gasteiger charge is 2.53. The lowest BCUT2D eigenvalue weighted by molar-refractivity contribution is -0.184. The van der Waals surface area contributed by atoms with Crippen molar-refractivity contribution in [1.29, 1.82) is 0 Å². The van der Waals surface area contributed by atoms with Gasteiger partial charge in [0, 0.05) is 33.6 Å². The molecule has 0 aromatic heterocycles. The van der Waals surface area contributed by atoms with Crippen LogP contribution in [0.25, 0.3) is 0 Å². The second-order valence-corrected chi connectivity index (χ2v) is 7.63. The zero-order valence-corrected chi connectivity index (χ0v) is 17.4. The molecule has 1 rings (SSSR count). The Morgan fingerprint density at radius 2 is 1.14 bits per heavy atom. The fraction of sp³-hybridized carbons (Fsp3) is 0.706. The predicted molar refractivity (Wildman–Crippen MR) is 96.6 cm³/mol. The minimum Gasteiger partial charge on any atom is -0.456 e. The van der Waals surface area contributed by atoms with E-state index in [1.54, 1.807) is 13.8 Å². The first-order valence-electron chi connectivity index (χ1n) is 8.57. The summed E-state index contributed by atoms with van der Waals surface area (Å²) in [5.41, 5.74) is -2.18. The van der Waals surface area contributed by atoms with Crippen LogP contribution >= 0.6 is 11.8 Å². The second kappa shape index (κ2) is 10.3. The number of amides is 1. The molecule has 0 saturated carbocycles. The van der Waals surface area contributed by atoms with Crippen LogP contribution in [0.4, 0.5) is 0 Å². The maximum atomic E-state index is 12.3. The Labute approximate surface area is 167 Å². The second-order valence-electron chi connectivity index (χ2n) is 6.43. The van der Waals surface area contributed by atoms with Crippen molar-refractivity contribution in [3.63, 3.8) is 0 Å². The monoisotopic (exact) mass is 419 g/mol. The van der Waals surface area contributed by atoms with E-state index in [1.807, 2.05) is 0 Å². The molecule has 1 unspecified atom stereocenters. The van der Waals surface area contributed by atoms with Gasteiger partial charge in [-0.1, -0.05) is 25.6 Å². The minimum absolute atomic E-state index is 0.396. The van der Waals surface area contributed by atoms with E-state index in [2.05, 4.69) is 5.32 Å². The normalized spacial score (nSPS) is 26.8. The Hall–Kier alpha value is -2.30. The first-order valence-corrected chi connectivity index (χ1v) is 9.51. The number of thioether (sulfide) groups is 1. The van der Waals surface area contributed by atoms with Crippen molar-refractivity contribution in [1.82, 2.24) is 5.32 Å². The Morgan fingerprint density at radius 3 is 1.57 bits per heavy atom. The highest BCUT2D eigenvalue weighted by Crippen LogP contribution is 2.37. The highest BCUT2D eigenvalue weighted by atomic mass is 32.2. The van der Waals surface area contributed by atoms with Gasteiger partial charge in [-0.05, 0) is 0 Å². The van der Waals surface area contributed by atoms with Crippen molar-refractivity contribution in [2.45, 2.75) is 70.7 Å². The van der Waals surface area contributed by atoms with Crippen molar-refractivity contribution in [2.75, 3.05) is 0 Å². The van der Waals surface area contributed by atoms with Gasteiger partial charge in [-0.15, -0.1) is 0 Å². The molecule has 10 nitrogen and oxygen atoms in total. The molecule has 1 N–H and O–H groups in total. The molecule has 28 heavy (non-hydrogen) atoms. The van der Waals surface area contributed by atoms with Crippen LogP contribution in [0, 0.1) is 5.92 Å². The highest BCUT2D eigenvalue weighted by molar-refractivity contribution is 8.00. The third-order valence-electron chi connectivity index (χ3n) is 3.51. The number of hydrogen-bond acceptors (Lipinski definition) is 10. The van der Waals surface area contributed by atoms with Gasteiger partial charge in [0.25, 0.3) is 0 Å². The molecule has 1 saturated heterocycles. The average Bonchev–Trinajstić information content (AvgIpc) is 2.51. The summed E-state index contributed by atoms with van der Waals surface area (Å²) < 4.78 is 21.0. The zero-order chi connectivity index (χ0) is 21.6. The molecule has 0 aliphatic carbocycles. The lowest BCUT2D eigenvalue weighted by atomic mass is 10.0. The summed E-state index contributed by atoms with van der Waals surface area (Å²) in [4.78, 5) is 58.6. The quantitative estimate of drug-likeness (QED) is 0.479. The number of esters is 4. The van der Waals surface area contributed by atoms with Crippen molar-refractivity contribution < 1.29 is 42.9 Å². The summed E-state index contributed by atoms with van der Waals surface area (Å²) in [5.74, 6) is -3.58. The topological polar surface area (TPSA) is 134 Å². The molecule has 1 aliphatic heterocycles. The zero-order valence-electron chi connectivity index (χ0n) is 16.5. The van der Waals surface area contributed by atoms with Crippen molar-refractivity contribution in [3.05, 3.63) is 0 Å². The maximum absolute atomic E-state index is 12.3. The fourth-order valence-electron chi connectivity index (χ4n) is 2.46.